The highest BCUT2D eigenvalue weighted by molar-refractivity contribution is 9.10. The van der Waals surface area contributed by atoms with Crippen LogP contribution in [0.2, 0.25) is 0 Å². The molecule has 8 nitrogen and oxygen atoms in total. The summed E-state index contributed by atoms with van der Waals surface area (Å²) in [7, 11) is 1.86. The Bertz CT molecular complexity index is 954. The van der Waals surface area contributed by atoms with E-state index in [0.29, 0.717) is 17.7 Å². The lowest BCUT2D eigenvalue weighted by Gasteiger charge is -2.21. The van der Waals surface area contributed by atoms with Gasteiger partial charge >= 0.3 is 0 Å². The van der Waals surface area contributed by atoms with Crippen molar-refractivity contribution in [3.8, 4) is 0 Å². The Balaban J connectivity index is 1.62. The number of aromatic nitrogens is 7. The van der Waals surface area contributed by atoms with Gasteiger partial charge < -0.3 is 5.32 Å². The standard InChI is InChI=1S/C17H21BrN8/c1-10-13(21-16-19-7-12(18)14(22-16)11-5-6-11)8-26(23-10)17(2,3)15-20-9-25(4)24-15/h7-9,11H,5-6H2,1-4H3,(H,19,21,22). The van der Waals surface area contributed by atoms with E-state index in [2.05, 4.69) is 46.4 Å². The smallest absolute Gasteiger partial charge is 0.227 e. The second kappa shape index (κ2) is 6.15. The Labute approximate surface area is 160 Å². The molecule has 3 aromatic rings. The summed E-state index contributed by atoms with van der Waals surface area (Å²) in [5.74, 6) is 1.85. The van der Waals surface area contributed by atoms with Crippen LogP contribution >= 0.6 is 15.9 Å². The number of anilines is 2. The van der Waals surface area contributed by atoms with Crippen LogP contribution in [-0.2, 0) is 12.6 Å². The minimum absolute atomic E-state index is 0.467. The number of nitrogens with one attached hydrogen (secondary N) is 1. The monoisotopic (exact) mass is 416 g/mol. The summed E-state index contributed by atoms with van der Waals surface area (Å²) in [6, 6.07) is 0. The molecule has 1 fully saturated rings. The number of halogens is 1. The zero-order chi connectivity index (χ0) is 18.5. The van der Waals surface area contributed by atoms with Gasteiger partial charge in [-0.1, -0.05) is 0 Å². The zero-order valence-electron chi connectivity index (χ0n) is 15.2. The fourth-order valence-corrected chi connectivity index (χ4v) is 3.31. The summed E-state index contributed by atoms with van der Waals surface area (Å²) < 4.78 is 4.54. The molecule has 0 saturated heterocycles. The molecule has 0 aliphatic heterocycles. The lowest BCUT2D eigenvalue weighted by Crippen LogP contribution is -2.30. The van der Waals surface area contributed by atoms with E-state index in [0.717, 1.165) is 21.5 Å². The minimum Gasteiger partial charge on any atom is -0.321 e. The molecule has 0 bridgehead atoms. The highest BCUT2D eigenvalue weighted by Crippen LogP contribution is 2.42. The number of nitrogens with zero attached hydrogens (tertiary/aromatic N) is 7. The van der Waals surface area contributed by atoms with Crippen LogP contribution in [0.25, 0.3) is 0 Å². The molecule has 1 saturated carbocycles. The van der Waals surface area contributed by atoms with Crippen LogP contribution in [0.3, 0.4) is 0 Å². The molecule has 3 aromatic heterocycles. The molecule has 1 N–H and O–H groups in total. The molecule has 0 amide bonds. The third kappa shape index (κ3) is 3.11. The van der Waals surface area contributed by atoms with Gasteiger partial charge in [-0.3, -0.25) is 9.36 Å². The van der Waals surface area contributed by atoms with E-state index in [-0.39, 0.29) is 0 Å². The van der Waals surface area contributed by atoms with Crippen LogP contribution in [-0.4, -0.2) is 34.5 Å². The van der Waals surface area contributed by atoms with Gasteiger partial charge in [-0.25, -0.2) is 15.0 Å². The van der Waals surface area contributed by atoms with Crippen molar-refractivity contribution in [2.24, 2.45) is 7.05 Å². The summed E-state index contributed by atoms with van der Waals surface area (Å²) in [4.78, 5) is 13.4. The van der Waals surface area contributed by atoms with E-state index in [9.17, 15) is 0 Å². The van der Waals surface area contributed by atoms with Crippen LogP contribution in [0, 0.1) is 6.92 Å². The fourth-order valence-electron chi connectivity index (χ4n) is 2.80. The largest absolute Gasteiger partial charge is 0.321 e. The number of hydrogen-bond acceptors (Lipinski definition) is 6. The molecule has 0 aromatic carbocycles. The summed E-state index contributed by atoms with van der Waals surface area (Å²) in [6.45, 7) is 6.04. The maximum atomic E-state index is 4.67. The number of hydrogen-bond donors (Lipinski definition) is 1. The molecular formula is C17H21BrN8. The Morgan fingerprint density at radius 3 is 2.65 bits per heavy atom. The van der Waals surface area contributed by atoms with Gasteiger partial charge in [-0.15, -0.1) is 0 Å². The summed E-state index contributed by atoms with van der Waals surface area (Å²) in [5, 5.41) is 12.4. The molecule has 136 valence electrons. The van der Waals surface area contributed by atoms with Gasteiger partial charge in [0.15, 0.2) is 5.82 Å². The SMILES string of the molecule is Cc1nn(C(C)(C)c2ncn(C)n2)cc1Nc1ncc(Br)c(C2CC2)n1. The van der Waals surface area contributed by atoms with Crippen molar-refractivity contribution in [1.29, 1.82) is 0 Å². The first-order chi connectivity index (χ1) is 12.3. The number of aryl methyl sites for hydroxylation is 2. The normalized spacial score (nSPS) is 14.7. The first-order valence-electron chi connectivity index (χ1n) is 8.57. The van der Waals surface area contributed by atoms with Crippen LogP contribution in [0.15, 0.2) is 23.2 Å². The van der Waals surface area contributed by atoms with Crippen molar-refractivity contribution in [2.45, 2.75) is 45.1 Å². The quantitative estimate of drug-likeness (QED) is 0.686. The predicted molar refractivity (Wildman–Crippen MR) is 101 cm³/mol. The maximum absolute atomic E-state index is 4.67. The van der Waals surface area contributed by atoms with Gasteiger partial charge in [0.25, 0.3) is 0 Å². The zero-order valence-corrected chi connectivity index (χ0v) is 16.8. The van der Waals surface area contributed by atoms with Gasteiger partial charge in [-0.05, 0) is 49.5 Å². The number of rotatable bonds is 5. The Kier molecular flexibility index (Phi) is 4.06. The topological polar surface area (TPSA) is 86.3 Å². The average molecular weight is 417 g/mol. The van der Waals surface area contributed by atoms with E-state index in [1.807, 2.05) is 44.9 Å². The van der Waals surface area contributed by atoms with Crippen molar-refractivity contribution in [1.82, 2.24) is 34.5 Å². The molecule has 0 radical (unpaired) electrons. The first kappa shape index (κ1) is 17.1. The highest BCUT2D eigenvalue weighted by atomic mass is 79.9. The van der Waals surface area contributed by atoms with Crippen molar-refractivity contribution in [3.05, 3.63) is 40.4 Å². The lowest BCUT2D eigenvalue weighted by atomic mass is 10.1. The molecule has 1 aliphatic rings. The second-order valence-corrected chi connectivity index (χ2v) is 8.05. The van der Waals surface area contributed by atoms with Crippen LogP contribution in [0.4, 0.5) is 11.6 Å². The molecule has 26 heavy (non-hydrogen) atoms. The van der Waals surface area contributed by atoms with Crippen LogP contribution < -0.4 is 5.32 Å². The molecular weight excluding hydrogens is 396 g/mol. The Morgan fingerprint density at radius 2 is 2.00 bits per heavy atom. The van der Waals surface area contributed by atoms with E-state index >= 15 is 0 Å². The van der Waals surface area contributed by atoms with Gasteiger partial charge in [0.05, 0.1) is 21.5 Å². The average Bonchev–Trinajstić information content (AvgIpc) is 3.23. The Hall–Kier alpha value is -2.29. The first-order valence-corrected chi connectivity index (χ1v) is 9.36. The van der Waals surface area contributed by atoms with Crippen molar-refractivity contribution >= 4 is 27.6 Å². The minimum atomic E-state index is -0.467. The van der Waals surface area contributed by atoms with Gasteiger partial charge in [-0.2, -0.15) is 10.2 Å². The van der Waals surface area contributed by atoms with E-state index < -0.39 is 5.54 Å². The lowest BCUT2D eigenvalue weighted by molar-refractivity contribution is 0.365. The van der Waals surface area contributed by atoms with Crippen LogP contribution in [0.1, 0.15) is 49.8 Å². The van der Waals surface area contributed by atoms with Crippen molar-refractivity contribution in [2.75, 3.05) is 5.32 Å². The maximum Gasteiger partial charge on any atom is 0.227 e. The van der Waals surface area contributed by atoms with Gasteiger partial charge in [0.2, 0.25) is 5.95 Å². The molecule has 0 unspecified atom stereocenters. The van der Waals surface area contributed by atoms with Crippen molar-refractivity contribution < 1.29 is 0 Å². The molecule has 1 aliphatic carbocycles. The summed E-state index contributed by atoms with van der Waals surface area (Å²) >= 11 is 3.54. The molecule has 0 atom stereocenters. The van der Waals surface area contributed by atoms with Gasteiger partial charge in [0.1, 0.15) is 11.9 Å². The summed E-state index contributed by atoms with van der Waals surface area (Å²) in [5.41, 5.74) is 2.35. The van der Waals surface area contributed by atoms with E-state index in [1.54, 1.807) is 11.0 Å². The third-order valence-corrected chi connectivity index (χ3v) is 5.21. The second-order valence-electron chi connectivity index (χ2n) is 7.20. The van der Waals surface area contributed by atoms with E-state index in [1.165, 1.54) is 12.8 Å². The highest BCUT2D eigenvalue weighted by Gasteiger charge is 2.30. The Morgan fingerprint density at radius 1 is 1.23 bits per heavy atom. The molecule has 4 rings (SSSR count). The van der Waals surface area contributed by atoms with Crippen molar-refractivity contribution in [3.63, 3.8) is 0 Å². The summed E-state index contributed by atoms with van der Waals surface area (Å²) in [6.07, 6.45) is 7.84. The molecule has 0 spiro atoms. The molecule has 9 heteroatoms. The predicted octanol–water partition coefficient (Wildman–Crippen LogP) is 3.28. The third-order valence-electron chi connectivity index (χ3n) is 4.60. The van der Waals surface area contributed by atoms with E-state index in [4.69, 9.17) is 0 Å². The molecule has 3 heterocycles. The van der Waals surface area contributed by atoms with Gasteiger partial charge in [0, 0.05) is 25.4 Å². The van der Waals surface area contributed by atoms with Crippen LogP contribution in [0.5, 0.6) is 0 Å². The fraction of sp³-hybridized carbons (Fsp3) is 0.471.